The number of hydrogen-bond acceptors (Lipinski definition) is 9. The zero-order valence-corrected chi connectivity index (χ0v) is 22.2. The Morgan fingerprint density at radius 2 is 1.97 bits per heavy atom. The molecule has 1 fully saturated rings. The highest BCUT2D eigenvalue weighted by atomic mass is 32.2. The van der Waals surface area contributed by atoms with E-state index in [4.69, 9.17) is 14.7 Å². The highest BCUT2D eigenvalue weighted by Gasteiger charge is 2.26. The number of nitrogens with zero attached hydrogens (tertiary/aromatic N) is 7. The number of rotatable bonds is 6. The zero-order chi connectivity index (χ0) is 26.5. The molecule has 0 radical (unpaired) electrons. The number of fused-ring (bicyclic) bond motifs is 1. The SMILES string of the molecule is CNc1nc2cc(F)ccc2n1-c1nc(-c2c(C)nn(CS(C)(=O)=O)c2C)cc(N2CCOC[C@H]2C)n1. The monoisotopic (exact) mass is 528 g/mol. The molecule has 5 rings (SSSR count). The second-order valence-electron chi connectivity index (χ2n) is 9.28. The van der Waals surface area contributed by atoms with E-state index in [0.717, 1.165) is 5.56 Å². The molecule has 13 heteroatoms. The molecular weight excluding hydrogens is 499 g/mol. The number of aromatic nitrogens is 6. The number of imidazole rings is 1. The first-order valence-electron chi connectivity index (χ1n) is 11.9. The van der Waals surface area contributed by atoms with Crippen molar-refractivity contribution in [3.63, 3.8) is 0 Å². The number of nitrogens with one attached hydrogen (secondary N) is 1. The molecular formula is C24H29FN8O3S. The predicted octanol–water partition coefficient (Wildman–Crippen LogP) is 2.70. The summed E-state index contributed by atoms with van der Waals surface area (Å²) in [6.07, 6.45) is 1.18. The maximum absolute atomic E-state index is 14.0. The van der Waals surface area contributed by atoms with Crippen molar-refractivity contribution < 1.29 is 17.5 Å². The number of hydrogen-bond donors (Lipinski definition) is 1. The average molecular weight is 529 g/mol. The Kier molecular flexibility index (Phi) is 6.36. The van der Waals surface area contributed by atoms with Crippen molar-refractivity contribution in [3.8, 4) is 17.2 Å². The number of anilines is 2. The van der Waals surface area contributed by atoms with Gasteiger partial charge in [-0.05, 0) is 32.9 Å². The van der Waals surface area contributed by atoms with Gasteiger partial charge in [0.1, 0.15) is 17.5 Å². The Balaban J connectivity index is 1.75. The number of benzene rings is 1. The predicted molar refractivity (Wildman–Crippen MR) is 139 cm³/mol. The Hall–Kier alpha value is -3.58. The number of sulfone groups is 1. The summed E-state index contributed by atoms with van der Waals surface area (Å²) in [6.45, 7) is 7.50. The molecule has 4 heterocycles. The summed E-state index contributed by atoms with van der Waals surface area (Å²) in [7, 11) is -1.58. The van der Waals surface area contributed by atoms with Gasteiger partial charge >= 0.3 is 0 Å². The van der Waals surface area contributed by atoms with Crippen LogP contribution in [0.3, 0.4) is 0 Å². The molecule has 3 aromatic heterocycles. The smallest absolute Gasteiger partial charge is 0.239 e. The molecule has 0 saturated carbocycles. The van der Waals surface area contributed by atoms with Crippen molar-refractivity contribution in [2.45, 2.75) is 32.7 Å². The minimum absolute atomic E-state index is 0.0805. The topological polar surface area (TPSA) is 120 Å². The van der Waals surface area contributed by atoms with Gasteiger partial charge in [-0.2, -0.15) is 10.1 Å². The van der Waals surface area contributed by atoms with Crippen LogP contribution in [0.1, 0.15) is 18.3 Å². The van der Waals surface area contributed by atoms with Crippen molar-refractivity contribution >= 4 is 32.6 Å². The van der Waals surface area contributed by atoms with Crippen molar-refractivity contribution in [1.29, 1.82) is 0 Å². The maximum Gasteiger partial charge on any atom is 0.239 e. The molecule has 11 nitrogen and oxygen atoms in total. The Morgan fingerprint density at radius 3 is 2.68 bits per heavy atom. The number of aryl methyl sites for hydroxylation is 1. The summed E-state index contributed by atoms with van der Waals surface area (Å²) in [5, 5.41) is 7.54. The number of halogens is 1. The van der Waals surface area contributed by atoms with Gasteiger partial charge < -0.3 is 15.0 Å². The second kappa shape index (κ2) is 9.38. The third kappa shape index (κ3) is 4.76. The molecule has 1 aliphatic rings. The Morgan fingerprint density at radius 1 is 1.19 bits per heavy atom. The van der Waals surface area contributed by atoms with Gasteiger partial charge in [0.25, 0.3) is 0 Å². The maximum atomic E-state index is 14.0. The van der Waals surface area contributed by atoms with E-state index < -0.39 is 9.84 Å². The summed E-state index contributed by atoms with van der Waals surface area (Å²) in [5.41, 5.74) is 3.77. The van der Waals surface area contributed by atoms with Gasteiger partial charge in [-0.3, -0.25) is 4.68 Å². The van der Waals surface area contributed by atoms with E-state index in [9.17, 15) is 12.8 Å². The van der Waals surface area contributed by atoms with Gasteiger partial charge in [0.05, 0.1) is 41.7 Å². The van der Waals surface area contributed by atoms with Crippen molar-refractivity contribution in [1.82, 2.24) is 29.3 Å². The molecule has 0 aliphatic carbocycles. The first-order chi connectivity index (χ1) is 17.6. The first kappa shape index (κ1) is 25.1. The molecule has 0 amide bonds. The lowest BCUT2D eigenvalue weighted by Crippen LogP contribution is -2.44. The fraction of sp³-hybridized carbons (Fsp3) is 0.417. The van der Waals surface area contributed by atoms with Crippen molar-refractivity contribution in [3.05, 3.63) is 41.5 Å². The Bertz CT molecular complexity index is 1600. The third-order valence-corrected chi connectivity index (χ3v) is 7.11. The summed E-state index contributed by atoms with van der Waals surface area (Å²) in [5.74, 6) is 0.879. The van der Waals surface area contributed by atoms with Gasteiger partial charge in [-0.15, -0.1) is 0 Å². The van der Waals surface area contributed by atoms with E-state index in [0.29, 0.717) is 65.6 Å². The molecule has 1 N–H and O–H groups in total. The quantitative estimate of drug-likeness (QED) is 0.403. The molecule has 0 bridgehead atoms. The molecule has 0 spiro atoms. The van der Waals surface area contributed by atoms with Crippen LogP contribution >= 0.6 is 0 Å². The highest BCUT2D eigenvalue weighted by molar-refractivity contribution is 7.89. The van der Waals surface area contributed by atoms with Crippen LogP contribution in [0.2, 0.25) is 0 Å². The van der Waals surface area contributed by atoms with Crippen LogP contribution < -0.4 is 10.2 Å². The molecule has 1 aliphatic heterocycles. The third-order valence-electron chi connectivity index (χ3n) is 6.40. The van der Waals surface area contributed by atoms with Gasteiger partial charge in [0, 0.05) is 43.2 Å². The largest absolute Gasteiger partial charge is 0.377 e. The molecule has 1 saturated heterocycles. The van der Waals surface area contributed by atoms with Crippen LogP contribution in [0.4, 0.5) is 16.2 Å². The summed E-state index contributed by atoms with van der Waals surface area (Å²) >= 11 is 0. The summed E-state index contributed by atoms with van der Waals surface area (Å²) < 4.78 is 46.8. The first-order valence-corrected chi connectivity index (χ1v) is 13.9. The highest BCUT2D eigenvalue weighted by Crippen LogP contribution is 2.32. The van der Waals surface area contributed by atoms with Gasteiger partial charge in [-0.25, -0.2) is 27.3 Å². The lowest BCUT2D eigenvalue weighted by atomic mass is 10.1. The van der Waals surface area contributed by atoms with E-state index >= 15 is 0 Å². The van der Waals surface area contributed by atoms with E-state index in [2.05, 4.69) is 27.2 Å². The fourth-order valence-electron chi connectivity index (χ4n) is 4.70. The lowest BCUT2D eigenvalue weighted by molar-refractivity contribution is 0.0985. The van der Waals surface area contributed by atoms with Crippen LogP contribution in [-0.2, 0) is 20.5 Å². The number of ether oxygens (including phenoxy) is 1. The standard InChI is InChI=1S/C24H29FN8O3S/c1-14-12-36-9-8-31(14)21-11-19(22-15(2)30-32(16(22)3)13-37(5,34)35)28-24(29-21)33-20-7-6-17(25)10-18(20)27-23(33)26-4/h6-7,10-11,14H,8-9,12-13H2,1-5H3,(H,26,27)/t14-/m1/s1. The average Bonchev–Trinajstić information content (AvgIpc) is 3.33. The van der Waals surface area contributed by atoms with E-state index in [1.165, 1.54) is 23.1 Å². The zero-order valence-electron chi connectivity index (χ0n) is 21.4. The minimum Gasteiger partial charge on any atom is -0.377 e. The normalized spacial score (nSPS) is 16.5. The van der Waals surface area contributed by atoms with Gasteiger partial charge in [0.15, 0.2) is 9.84 Å². The second-order valence-corrected chi connectivity index (χ2v) is 11.4. The molecule has 37 heavy (non-hydrogen) atoms. The Labute approximate surface area is 214 Å². The summed E-state index contributed by atoms with van der Waals surface area (Å²) in [6, 6.07) is 6.36. The molecule has 1 aromatic carbocycles. The van der Waals surface area contributed by atoms with Crippen LogP contribution in [0.5, 0.6) is 0 Å². The molecule has 196 valence electrons. The molecule has 0 unspecified atom stereocenters. The van der Waals surface area contributed by atoms with E-state index in [1.807, 2.05) is 19.9 Å². The fourth-order valence-corrected chi connectivity index (χ4v) is 5.40. The van der Waals surface area contributed by atoms with E-state index in [-0.39, 0.29) is 17.7 Å². The number of morpholine rings is 1. The lowest BCUT2D eigenvalue weighted by Gasteiger charge is -2.34. The van der Waals surface area contributed by atoms with Gasteiger partial charge in [0.2, 0.25) is 11.9 Å². The van der Waals surface area contributed by atoms with Crippen LogP contribution in [-0.4, -0.2) is 76.8 Å². The molecule has 4 aromatic rings. The van der Waals surface area contributed by atoms with Crippen molar-refractivity contribution in [2.75, 3.05) is 43.3 Å². The van der Waals surface area contributed by atoms with Crippen molar-refractivity contribution in [2.24, 2.45) is 0 Å². The van der Waals surface area contributed by atoms with Gasteiger partial charge in [-0.1, -0.05) is 0 Å². The van der Waals surface area contributed by atoms with Crippen LogP contribution in [0.15, 0.2) is 24.3 Å². The van der Waals surface area contributed by atoms with Crippen LogP contribution in [0.25, 0.3) is 28.2 Å². The van der Waals surface area contributed by atoms with Crippen LogP contribution in [0, 0.1) is 19.7 Å². The van der Waals surface area contributed by atoms with E-state index in [1.54, 1.807) is 17.7 Å². The summed E-state index contributed by atoms with van der Waals surface area (Å²) in [4.78, 5) is 16.5. The molecule has 1 atom stereocenters. The minimum atomic E-state index is -3.30.